The number of phosphoric acid groups is 1. The molecule has 1 atom stereocenters. The number of nitrogens with two attached hydrogens (primary N) is 1. The molecule has 0 spiro atoms. The minimum absolute atomic E-state index is 0.273. The highest BCUT2D eigenvalue weighted by Crippen LogP contribution is 2.41. The van der Waals surface area contributed by atoms with Crippen LogP contribution in [0.2, 0.25) is 0 Å². The molecule has 0 saturated carbocycles. The number of anilines is 1. The Kier molecular flexibility index (Phi) is 7.33. The van der Waals surface area contributed by atoms with Crippen LogP contribution in [-0.4, -0.2) is 38.5 Å². The van der Waals surface area contributed by atoms with E-state index in [1.54, 1.807) is 47.5 Å². The lowest BCUT2D eigenvalue weighted by atomic mass is 10.1. The van der Waals surface area contributed by atoms with Crippen LogP contribution in [-0.2, 0) is 33.3 Å². The molecule has 1 unspecified atom stereocenters. The average Bonchev–Trinajstić information content (AvgIpc) is 3.52. The number of aromatic nitrogens is 5. The number of nitrogens with zero attached hydrogens (tertiary/aromatic N) is 5. The van der Waals surface area contributed by atoms with Crippen LogP contribution < -0.4 is 15.0 Å². The monoisotopic (exact) mass is 487 g/mol. The van der Waals surface area contributed by atoms with Gasteiger partial charge in [-0.05, 0) is 23.8 Å². The second-order valence-electron chi connectivity index (χ2n) is 7.17. The van der Waals surface area contributed by atoms with Gasteiger partial charge in [0.25, 0.3) is 5.82 Å². The molecule has 0 aliphatic carbocycles. The number of phosphoric ester groups is 1. The van der Waals surface area contributed by atoms with Crippen LogP contribution in [0.3, 0.4) is 0 Å². The summed E-state index contributed by atoms with van der Waals surface area (Å²) < 4.78 is 35.2. The first-order chi connectivity index (χ1) is 16.4. The van der Waals surface area contributed by atoms with Gasteiger partial charge in [-0.15, -0.1) is 0 Å². The van der Waals surface area contributed by atoms with Crippen molar-refractivity contribution in [3.63, 3.8) is 0 Å². The Hall–Kier alpha value is -3.57. The minimum Gasteiger partial charge on any atom is -0.476 e. The van der Waals surface area contributed by atoms with Crippen LogP contribution in [0.25, 0.3) is 11.3 Å². The molecule has 4 aromatic heterocycles. The largest absolute Gasteiger partial charge is 0.476 e. The van der Waals surface area contributed by atoms with Gasteiger partial charge in [0.2, 0.25) is 12.6 Å². The van der Waals surface area contributed by atoms with Crippen LogP contribution in [0.15, 0.2) is 65.7 Å². The van der Waals surface area contributed by atoms with Gasteiger partial charge in [0.1, 0.15) is 12.2 Å². The molecule has 3 N–H and O–H groups in total. The van der Waals surface area contributed by atoms with Crippen LogP contribution in [0.5, 0.6) is 5.88 Å². The predicted octanol–water partition coefficient (Wildman–Crippen LogP) is 2.19. The maximum Gasteiger partial charge on any atom is 0.475 e. The van der Waals surface area contributed by atoms with E-state index >= 15 is 0 Å². The molecule has 0 amide bonds. The van der Waals surface area contributed by atoms with Crippen LogP contribution in [0.4, 0.5) is 5.82 Å². The molecule has 0 saturated heterocycles. The van der Waals surface area contributed by atoms with Gasteiger partial charge in [-0.2, -0.15) is 5.10 Å². The molecule has 13 heteroatoms. The summed E-state index contributed by atoms with van der Waals surface area (Å²) in [6.45, 7) is 0.828. The van der Waals surface area contributed by atoms with E-state index in [0.29, 0.717) is 42.5 Å². The Morgan fingerprint density at radius 1 is 1.29 bits per heavy atom. The maximum atomic E-state index is 11.5. The van der Waals surface area contributed by atoms with Gasteiger partial charge in [-0.25, -0.2) is 18.6 Å². The highest BCUT2D eigenvalue weighted by atomic mass is 31.2. The quantitative estimate of drug-likeness (QED) is 0.238. The average molecular weight is 487 g/mol. The molecular formula is C21H24N6O6P+. The lowest BCUT2D eigenvalue weighted by Gasteiger charge is -2.09. The van der Waals surface area contributed by atoms with Crippen molar-refractivity contribution >= 4 is 13.6 Å². The van der Waals surface area contributed by atoms with Gasteiger partial charge in [0.05, 0.1) is 18.4 Å². The van der Waals surface area contributed by atoms with Gasteiger partial charge in [0.15, 0.2) is 5.76 Å². The SMILES string of the molecule is COP(=O)(O)OC[n+]1cccc(-c2cc(Cc3ccc(OCCn4cccn4)nc3)no2)c1N. The molecular weight excluding hydrogens is 463 g/mol. The lowest BCUT2D eigenvalue weighted by molar-refractivity contribution is -0.711. The fraction of sp³-hybridized carbons (Fsp3) is 0.238. The molecule has 34 heavy (non-hydrogen) atoms. The minimum atomic E-state index is -4.13. The predicted molar refractivity (Wildman–Crippen MR) is 119 cm³/mol. The van der Waals surface area contributed by atoms with E-state index in [-0.39, 0.29) is 12.5 Å². The Balaban J connectivity index is 1.37. The van der Waals surface area contributed by atoms with Crippen molar-refractivity contribution in [2.24, 2.45) is 0 Å². The molecule has 4 aromatic rings. The van der Waals surface area contributed by atoms with Gasteiger partial charge in [-0.3, -0.25) is 14.9 Å². The summed E-state index contributed by atoms with van der Waals surface area (Å²) in [5.41, 5.74) is 8.37. The highest BCUT2D eigenvalue weighted by molar-refractivity contribution is 7.47. The van der Waals surface area contributed by atoms with E-state index in [1.807, 2.05) is 18.3 Å². The Morgan fingerprint density at radius 3 is 2.91 bits per heavy atom. The fourth-order valence-corrected chi connectivity index (χ4v) is 3.46. The summed E-state index contributed by atoms with van der Waals surface area (Å²) in [7, 11) is -3.05. The molecule has 12 nitrogen and oxygen atoms in total. The molecule has 0 aliphatic heterocycles. The van der Waals surface area contributed by atoms with Gasteiger partial charge in [0, 0.05) is 44.3 Å². The third-order valence-corrected chi connectivity index (χ3v) is 5.74. The van der Waals surface area contributed by atoms with Crippen molar-refractivity contribution in [2.45, 2.75) is 19.7 Å². The molecule has 178 valence electrons. The van der Waals surface area contributed by atoms with Gasteiger partial charge < -0.3 is 14.2 Å². The topological polar surface area (TPSA) is 152 Å². The number of pyridine rings is 2. The second-order valence-corrected chi connectivity index (χ2v) is 8.73. The third-order valence-electron chi connectivity index (χ3n) is 4.84. The van der Waals surface area contributed by atoms with E-state index in [2.05, 4.69) is 19.8 Å². The zero-order valence-electron chi connectivity index (χ0n) is 18.4. The van der Waals surface area contributed by atoms with Crippen molar-refractivity contribution in [3.8, 4) is 17.2 Å². The van der Waals surface area contributed by atoms with E-state index in [4.69, 9.17) is 19.5 Å². The number of hydrogen-bond acceptors (Lipinski definition) is 9. The molecule has 0 aromatic carbocycles. The number of rotatable bonds is 11. The molecule has 0 radical (unpaired) electrons. The first kappa shape index (κ1) is 23.6. The van der Waals surface area contributed by atoms with Crippen molar-refractivity contribution in [1.29, 1.82) is 0 Å². The summed E-state index contributed by atoms with van der Waals surface area (Å²) in [5, 5.41) is 8.24. The van der Waals surface area contributed by atoms with Crippen molar-refractivity contribution in [1.82, 2.24) is 19.9 Å². The zero-order chi connectivity index (χ0) is 24.0. The number of hydrogen-bond donors (Lipinski definition) is 2. The van der Waals surface area contributed by atoms with Crippen molar-refractivity contribution in [2.75, 3.05) is 19.5 Å². The van der Waals surface area contributed by atoms with Crippen LogP contribution in [0.1, 0.15) is 11.3 Å². The standard InChI is InChI=1S/C21H23N6O6P/c1-30-34(28,29)32-15-26-8-2-4-18(21(26)22)19-13-17(25-33-19)12-16-5-6-20(23-14-16)31-11-10-27-9-3-7-24-27/h2-9,13-14,22H,10-12,15H2,1H3,(H,28,29)/p+1. The summed E-state index contributed by atoms with van der Waals surface area (Å²) in [6, 6.07) is 10.8. The maximum absolute atomic E-state index is 11.5. The van der Waals surface area contributed by atoms with E-state index in [0.717, 1.165) is 12.7 Å². The molecule has 4 rings (SSSR count). The lowest BCUT2D eigenvalue weighted by Crippen LogP contribution is -2.38. The first-order valence-electron chi connectivity index (χ1n) is 10.3. The first-order valence-corrected chi connectivity index (χ1v) is 11.8. The van der Waals surface area contributed by atoms with E-state index in [9.17, 15) is 9.46 Å². The van der Waals surface area contributed by atoms with Gasteiger partial charge in [-0.1, -0.05) is 11.2 Å². The molecule has 0 bridgehead atoms. The normalized spacial score (nSPS) is 13.0. The third kappa shape index (κ3) is 6.06. The summed E-state index contributed by atoms with van der Waals surface area (Å²) in [4.78, 5) is 13.7. The summed E-state index contributed by atoms with van der Waals surface area (Å²) >= 11 is 0. The zero-order valence-corrected chi connectivity index (χ0v) is 19.2. The summed E-state index contributed by atoms with van der Waals surface area (Å²) in [5.74, 6) is 1.26. The van der Waals surface area contributed by atoms with E-state index in [1.165, 1.54) is 4.57 Å². The van der Waals surface area contributed by atoms with E-state index < -0.39 is 7.82 Å². The fourth-order valence-electron chi connectivity index (χ4n) is 3.08. The Labute approximate surface area is 195 Å². The van der Waals surface area contributed by atoms with Gasteiger partial charge >= 0.3 is 7.82 Å². The van der Waals surface area contributed by atoms with Crippen LogP contribution >= 0.6 is 7.82 Å². The Bertz CT molecular complexity index is 1260. The molecule has 0 fully saturated rings. The van der Waals surface area contributed by atoms with Crippen molar-refractivity contribution < 1.29 is 32.3 Å². The number of nitrogen functional groups attached to an aromatic ring is 1. The summed E-state index contributed by atoms with van der Waals surface area (Å²) in [6.07, 6.45) is 7.43. The highest BCUT2D eigenvalue weighted by Gasteiger charge is 2.22. The smallest absolute Gasteiger partial charge is 0.475 e. The Morgan fingerprint density at radius 2 is 2.18 bits per heavy atom. The molecule has 0 aliphatic rings. The van der Waals surface area contributed by atoms with Crippen LogP contribution in [0, 0.1) is 0 Å². The van der Waals surface area contributed by atoms with Crippen molar-refractivity contribution in [3.05, 3.63) is 72.4 Å². The molecule has 4 heterocycles. The second kappa shape index (κ2) is 10.6. The number of ether oxygens (including phenoxy) is 1.